The molecular formula is C9H14N4O3. The highest BCUT2D eigenvalue weighted by atomic mass is 16.4. The maximum Gasteiger partial charge on any atom is 0.237 e. The summed E-state index contributed by atoms with van der Waals surface area (Å²) in [6, 6.07) is -0.937. The number of nitrogens with two attached hydrogens (primary N) is 2. The third kappa shape index (κ3) is 3.70. The zero-order valence-electron chi connectivity index (χ0n) is 8.90. The van der Waals surface area contributed by atoms with E-state index in [-0.39, 0.29) is 13.0 Å². The topological polar surface area (TPSA) is 124 Å². The van der Waals surface area contributed by atoms with Crippen LogP contribution in [0, 0.1) is 6.92 Å². The van der Waals surface area contributed by atoms with Crippen LogP contribution in [0.1, 0.15) is 18.1 Å². The monoisotopic (exact) mass is 226 g/mol. The molecule has 7 heteroatoms. The molecule has 0 radical (unpaired) electrons. The first-order valence-electron chi connectivity index (χ1n) is 4.72. The van der Waals surface area contributed by atoms with Gasteiger partial charge in [0.15, 0.2) is 0 Å². The highest BCUT2D eigenvalue weighted by Gasteiger charge is 2.16. The Labute approximate surface area is 92.2 Å². The zero-order chi connectivity index (χ0) is 12.1. The summed E-state index contributed by atoms with van der Waals surface area (Å²) in [4.78, 5) is 25.8. The van der Waals surface area contributed by atoms with Gasteiger partial charge in [-0.1, -0.05) is 0 Å². The van der Waals surface area contributed by atoms with Gasteiger partial charge in [-0.15, -0.1) is 0 Å². The summed E-state index contributed by atoms with van der Waals surface area (Å²) < 4.78 is 5.14. The van der Waals surface area contributed by atoms with Gasteiger partial charge in [0, 0.05) is 0 Å². The molecule has 2 amide bonds. The highest BCUT2D eigenvalue weighted by molar-refractivity contribution is 5.87. The maximum atomic E-state index is 11.3. The summed E-state index contributed by atoms with van der Waals surface area (Å²) in [5, 5.41) is 2.49. The second-order valence-corrected chi connectivity index (χ2v) is 3.36. The van der Waals surface area contributed by atoms with Gasteiger partial charge in [-0.3, -0.25) is 9.59 Å². The van der Waals surface area contributed by atoms with E-state index in [2.05, 4.69) is 10.3 Å². The average molecular weight is 226 g/mol. The molecule has 0 saturated heterocycles. The predicted molar refractivity (Wildman–Crippen MR) is 54.9 cm³/mol. The third-order valence-corrected chi connectivity index (χ3v) is 1.84. The minimum Gasteiger partial charge on any atom is -0.444 e. The van der Waals surface area contributed by atoms with Gasteiger partial charge in [0.2, 0.25) is 17.7 Å². The number of amides is 2. The number of nitrogens with zero attached hydrogens (tertiary/aromatic N) is 1. The molecule has 5 N–H and O–H groups in total. The fraction of sp³-hybridized carbons (Fsp3) is 0.444. The Morgan fingerprint density at radius 2 is 2.31 bits per heavy atom. The van der Waals surface area contributed by atoms with Crippen LogP contribution in [0.3, 0.4) is 0 Å². The highest BCUT2D eigenvalue weighted by Crippen LogP contribution is 2.00. The molecule has 0 spiro atoms. The molecule has 1 atom stereocenters. The molecule has 1 aromatic rings. The zero-order valence-corrected chi connectivity index (χ0v) is 8.90. The summed E-state index contributed by atoms with van der Waals surface area (Å²) >= 11 is 0. The number of carbonyl (C=O) groups is 2. The van der Waals surface area contributed by atoms with Crippen LogP contribution in [0.25, 0.3) is 0 Å². The van der Waals surface area contributed by atoms with Gasteiger partial charge in [0.05, 0.1) is 25.2 Å². The average Bonchev–Trinajstić information content (AvgIpc) is 2.59. The summed E-state index contributed by atoms with van der Waals surface area (Å²) in [5.74, 6) is -0.0351. The largest absolute Gasteiger partial charge is 0.444 e. The van der Waals surface area contributed by atoms with Crippen LogP contribution in [-0.4, -0.2) is 22.8 Å². The molecule has 7 nitrogen and oxygen atoms in total. The quantitative estimate of drug-likeness (QED) is 0.581. The van der Waals surface area contributed by atoms with E-state index in [9.17, 15) is 9.59 Å². The lowest BCUT2D eigenvalue weighted by atomic mass is 10.2. The molecule has 0 bridgehead atoms. The van der Waals surface area contributed by atoms with Crippen LogP contribution < -0.4 is 16.8 Å². The van der Waals surface area contributed by atoms with E-state index in [0.29, 0.717) is 11.7 Å². The van der Waals surface area contributed by atoms with Crippen LogP contribution >= 0.6 is 0 Å². The second-order valence-electron chi connectivity index (χ2n) is 3.36. The molecule has 0 aromatic carbocycles. The summed E-state index contributed by atoms with van der Waals surface area (Å²) in [6.07, 6.45) is 1.36. The van der Waals surface area contributed by atoms with E-state index in [1.165, 1.54) is 0 Å². The SMILES string of the molecule is Cc1cnc(CNC(=O)C(N)CC(N)=O)o1. The van der Waals surface area contributed by atoms with Gasteiger partial charge in [-0.05, 0) is 6.92 Å². The summed E-state index contributed by atoms with van der Waals surface area (Å²) in [7, 11) is 0. The second kappa shape index (κ2) is 5.26. The third-order valence-electron chi connectivity index (χ3n) is 1.84. The van der Waals surface area contributed by atoms with E-state index in [1.54, 1.807) is 13.1 Å². The molecule has 0 aliphatic carbocycles. The number of carbonyl (C=O) groups excluding carboxylic acids is 2. The van der Waals surface area contributed by atoms with Gasteiger partial charge < -0.3 is 21.2 Å². The van der Waals surface area contributed by atoms with Crippen molar-refractivity contribution in [3.05, 3.63) is 17.8 Å². The van der Waals surface area contributed by atoms with Crippen LogP contribution in [0.4, 0.5) is 0 Å². The minimum atomic E-state index is -0.937. The van der Waals surface area contributed by atoms with E-state index in [4.69, 9.17) is 15.9 Å². The Balaban J connectivity index is 2.37. The van der Waals surface area contributed by atoms with Crippen molar-refractivity contribution in [2.45, 2.75) is 25.9 Å². The number of rotatable bonds is 5. The maximum absolute atomic E-state index is 11.3. The molecule has 1 rings (SSSR count). The van der Waals surface area contributed by atoms with E-state index < -0.39 is 17.9 Å². The summed E-state index contributed by atoms with van der Waals surface area (Å²) in [5.41, 5.74) is 10.3. The van der Waals surface area contributed by atoms with Crippen molar-refractivity contribution >= 4 is 11.8 Å². The smallest absolute Gasteiger partial charge is 0.237 e. The first-order chi connectivity index (χ1) is 7.49. The lowest BCUT2D eigenvalue weighted by Gasteiger charge is -2.08. The Kier molecular flexibility index (Phi) is 4.01. The summed E-state index contributed by atoms with van der Waals surface area (Å²) in [6.45, 7) is 1.89. The molecule has 0 aliphatic rings. The first kappa shape index (κ1) is 12.2. The van der Waals surface area contributed by atoms with Crippen molar-refractivity contribution in [1.82, 2.24) is 10.3 Å². The van der Waals surface area contributed by atoms with Gasteiger partial charge in [0.1, 0.15) is 5.76 Å². The number of aromatic nitrogens is 1. The first-order valence-corrected chi connectivity index (χ1v) is 4.72. The van der Waals surface area contributed by atoms with Crippen molar-refractivity contribution in [3.8, 4) is 0 Å². The van der Waals surface area contributed by atoms with Crippen LogP contribution in [0.15, 0.2) is 10.6 Å². The van der Waals surface area contributed by atoms with Crippen molar-refractivity contribution in [2.75, 3.05) is 0 Å². The van der Waals surface area contributed by atoms with Gasteiger partial charge in [0.25, 0.3) is 0 Å². The fourth-order valence-electron chi connectivity index (χ4n) is 1.09. The van der Waals surface area contributed by atoms with E-state index >= 15 is 0 Å². The lowest BCUT2D eigenvalue weighted by molar-refractivity contribution is -0.126. The molecular weight excluding hydrogens is 212 g/mol. The Morgan fingerprint density at radius 3 is 2.81 bits per heavy atom. The minimum absolute atomic E-state index is 0.138. The number of primary amides is 1. The molecule has 1 aromatic heterocycles. The molecule has 88 valence electrons. The Hall–Kier alpha value is -1.89. The number of nitrogens with one attached hydrogen (secondary N) is 1. The molecule has 0 fully saturated rings. The Bertz CT molecular complexity index is 388. The molecule has 1 heterocycles. The Morgan fingerprint density at radius 1 is 1.62 bits per heavy atom. The number of hydrogen-bond acceptors (Lipinski definition) is 5. The lowest BCUT2D eigenvalue weighted by Crippen LogP contribution is -2.42. The molecule has 0 aliphatic heterocycles. The van der Waals surface area contributed by atoms with Crippen molar-refractivity contribution in [3.63, 3.8) is 0 Å². The number of oxazole rings is 1. The van der Waals surface area contributed by atoms with Crippen LogP contribution in [0.5, 0.6) is 0 Å². The molecule has 0 saturated carbocycles. The molecule has 1 unspecified atom stereocenters. The van der Waals surface area contributed by atoms with Gasteiger partial charge in [-0.25, -0.2) is 4.98 Å². The van der Waals surface area contributed by atoms with Crippen LogP contribution in [-0.2, 0) is 16.1 Å². The van der Waals surface area contributed by atoms with Gasteiger partial charge >= 0.3 is 0 Å². The predicted octanol–water partition coefficient (Wildman–Crippen LogP) is -1.20. The van der Waals surface area contributed by atoms with Crippen molar-refractivity contribution in [2.24, 2.45) is 11.5 Å². The standard InChI is InChI=1S/C9H14N4O3/c1-5-3-12-8(16-5)4-13-9(15)6(10)2-7(11)14/h3,6H,2,4,10H2,1H3,(H2,11,14)(H,13,15). The van der Waals surface area contributed by atoms with Crippen molar-refractivity contribution < 1.29 is 14.0 Å². The van der Waals surface area contributed by atoms with E-state index in [1.807, 2.05) is 0 Å². The fourth-order valence-corrected chi connectivity index (χ4v) is 1.09. The van der Waals surface area contributed by atoms with Crippen LogP contribution in [0.2, 0.25) is 0 Å². The normalized spacial score (nSPS) is 12.1. The van der Waals surface area contributed by atoms with Crippen molar-refractivity contribution in [1.29, 1.82) is 0 Å². The molecule has 16 heavy (non-hydrogen) atoms. The van der Waals surface area contributed by atoms with Gasteiger partial charge in [-0.2, -0.15) is 0 Å². The van der Waals surface area contributed by atoms with E-state index in [0.717, 1.165) is 0 Å². The number of hydrogen-bond donors (Lipinski definition) is 3. The number of aryl methyl sites for hydroxylation is 1.